The number of aromatic nitrogens is 3. The van der Waals surface area contributed by atoms with Crippen LogP contribution in [0.2, 0.25) is 0 Å². The maximum atomic E-state index is 12.9. The third-order valence-electron chi connectivity index (χ3n) is 5.11. The van der Waals surface area contributed by atoms with Gasteiger partial charge in [0, 0.05) is 63.4 Å². The van der Waals surface area contributed by atoms with Gasteiger partial charge in [0.15, 0.2) is 0 Å². The first kappa shape index (κ1) is 17.5. The molecule has 2 fully saturated rings. The summed E-state index contributed by atoms with van der Waals surface area (Å²) in [7, 11) is 1.59. The first-order chi connectivity index (χ1) is 13.2. The lowest BCUT2D eigenvalue weighted by Crippen LogP contribution is -2.49. The van der Waals surface area contributed by atoms with Crippen molar-refractivity contribution in [2.75, 3.05) is 56.2 Å². The van der Waals surface area contributed by atoms with E-state index in [0.29, 0.717) is 43.7 Å². The molecular formula is C19H24N6O2. The fourth-order valence-electron chi connectivity index (χ4n) is 3.58. The molecule has 8 heteroatoms. The summed E-state index contributed by atoms with van der Waals surface area (Å²) in [4.78, 5) is 32.1. The summed E-state index contributed by atoms with van der Waals surface area (Å²) in [6.07, 6.45) is 5.84. The van der Waals surface area contributed by atoms with Crippen LogP contribution < -0.4 is 14.5 Å². The fraction of sp³-hybridized carbons (Fsp3) is 0.474. The molecule has 4 rings (SSSR count). The molecule has 8 nitrogen and oxygen atoms in total. The number of amides is 1. The number of piperazine rings is 1. The summed E-state index contributed by atoms with van der Waals surface area (Å²) in [5.74, 6) is 1.17. The molecule has 0 aliphatic carbocycles. The molecule has 2 saturated heterocycles. The quantitative estimate of drug-likeness (QED) is 0.808. The number of hydrogen-bond acceptors (Lipinski definition) is 7. The molecule has 0 atom stereocenters. The van der Waals surface area contributed by atoms with E-state index in [4.69, 9.17) is 4.74 Å². The van der Waals surface area contributed by atoms with Gasteiger partial charge in [-0.3, -0.25) is 9.78 Å². The maximum absolute atomic E-state index is 12.9. The van der Waals surface area contributed by atoms with Crippen LogP contribution in [0, 0.1) is 0 Å². The van der Waals surface area contributed by atoms with E-state index in [1.165, 1.54) is 12.8 Å². The van der Waals surface area contributed by atoms with Crippen LogP contribution in [0.5, 0.6) is 5.88 Å². The highest BCUT2D eigenvalue weighted by molar-refractivity contribution is 5.93. The predicted octanol–water partition coefficient (Wildman–Crippen LogP) is 1.44. The van der Waals surface area contributed by atoms with Gasteiger partial charge in [-0.15, -0.1) is 0 Å². The average molecular weight is 368 g/mol. The lowest BCUT2D eigenvalue weighted by Gasteiger charge is -2.34. The van der Waals surface area contributed by atoms with Gasteiger partial charge in [0.05, 0.1) is 7.11 Å². The van der Waals surface area contributed by atoms with E-state index in [1.807, 2.05) is 17.0 Å². The molecule has 2 aromatic heterocycles. The molecule has 4 heterocycles. The SMILES string of the molecule is COc1ccnc(N2CCN(C(=O)c3cc(N4CCCC4)ccn3)CC2)n1. The van der Waals surface area contributed by atoms with Crippen LogP contribution in [0.4, 0.5) is 11.6 Å². The van der Waals surface area contributed by atoms with Gasteiger partial charge in [-0.05, 0) is 25.0 Å². The highest BCUT2D eigenvalue weighted by Crippen LogP contribution is 2.21. The number of ether oxygens (including phenoxy) is 1. The van der Waals surface area contributed by atoms with Crippen LogP contribution in [0.25, 0.3) is 0 Å². The number of hydrogen-bond donors (Lipinski definition) is 0. The Morgan fingerprint density at radius 3 is 2.44 bits per heavy atom. The highest BCUT2D eigenvalue weighted by atomic mass is 16.5. The Bertz CT molecular complexity index is 800. The third-order valence-corrected chi connectivity index (χ3v) is 5.11. The van der Waals surface area contributed by atoms with E-state index < -0.39 is 0 Å². The number of methoxy groups -OCH3 is 1. The molecule has 0 bridgehead atoms. The van der Waals surface area contributed by atoms with Crippen LogP contribution >= 0.6 is 0 Å². The molecule has 0 unspecified atom stereocenters. The van der Waals surface area contributed by atoms with Crippen LogP contribution in [0.3, 0.4) is 0 Å². The molecule has 2 aliphatic heterocycles. The Morgan fingerprint density at radius 1 is 0.963 bits per heavy atom. The van der Waals surface area contributed by atoms with Crippen LogP contribution in [-0.2, 0) is 0 Å². The number of carbonyl (C=O) groups excluding carboxylic acids is 1. The van der Waals surface area contributed by atoms with Gasteiger partial charge < -0.3 is 19.4 Å². The zero-order valence-electron chi connectivity index (χ0n) is 15.5. The summed E-state index contributed by atoms with van der Waals surface area (Å²) >= 11 is 0. The smallest absolute Gasteiger partial charge is 0.272 e. The zero-order valence-corrected chi connectivity index (χ0v) is 15.5. The summed E-state index contributed by atoms with van der Waals surface area (Å²) in [6, 6.07) is 5.63. The Morgan fingerprint density at radius 2 is 1.70 bits per heavy atom. The second kappa shape index (κ2) is 7.77. The molecule has 0 N–H and O–H groups in total. The normalized spacial score (nSPS) is 17.3. The summed E-state index contributed by atoms with van der Waals surface area (Å²) in [5.41, 5.74) is 1.61. The van der Waals surface area contributed by atoms with Crippen molar-refractivity contribution in [2.45, 2.75) is 12.8 Å². The molecular weight excluding hydrogens is 344 g/mol. The van der Waals surface area contributed by atoms with Gasteiger partial charge in [-0.1, -0.05) is 0 Å². The molecule has 2 aliphatic rings. The first-order valence-electron chi connectivity index (χ1n) is 9.37. The van der Waals surface area contributed by atoms with Crippen LogP contribution in [-0.4, -0.2) is 72.1 Å². The monoisotopic (exact) mass is 368 g/mol. The number of anilines is 2. The van der Waals surface area contributed by atoms with Gasteiger partial charge in [0.2, 0.25) is 11.8 Å². The van der Waals surface area contributed by atoms with Crippen molar-refractivity contribution in [1.82, 2.24) is 19.9 Å². The van der Waals surface area contributed by atoms with Gasteiger partial charge in [0.1, 0.15) is 5.69 Å². The van der Waals surface area contributed by atoms with Crippen molar-refractivity contribution in [3.63, 3.8) is 0 Å². The van der Waals surface area contributed by atoms with Crippen molar-refractivity contribution < 1.29 is 9.53 Å². The van der Waals surface area contributed by atoms with Crippen molar-refractivity contribution >= 4 is 17.5 Å². The van der Waals surface area contributed by atoms with Crippen molar-refractivity contribution in [3.05, 3.63) is 36.3 Å². The second-order valence-corrected chi connectivity index (χ2v) is 6.77. The number of nitrogens with zero attached hydrogens (tertiary/aromatic N) is 6. The highest BCUT2D eigenvalue weighted by Gasteiger charge is 2.25. The molecule has 1 amide bonds. The molecule has 0 spiro atoms. The standard InChI is InChI=1S/C19H24N6O2/c1-27-17-5-7-21-19(22-17)25-12-10-24(11-13-25)18(26)16-14-15(4-6-20-16)23-8-2-3-9-23/h4-7,14H,2-3,8-13H2,1H3. The molecule has 0 radical (unpaired) electrons. The minimum atomic E-state index is -0.0118. The molecule has 27 heavy (non-hydrogen) atoms. The molecule has 0 saturated carbocycles. The Hall–Kier alpha value is -2.90. The van der Waals surface area contributed by atoms with Crippen molar-refractivity contribution in [1.29, 1.82) is 0 Å². The minimum absolute atomic E-state index is 0.0118. The molecule has 0 aromatic carbocycles. The Kier molecular flexibility index (Phi) is 5.04. The van der Waals surface area contributed by atoms with Crippen LogP contribution in [0.1, 0.15) is 23.3 Å². The topological polar surface area (TPSA) is 74.7 Å². The van der Waals surface area contributed by atoms with E-state index in [2.05, 4.69) is 24.8 Å². The molecule has 2 aromatic rings. The lowest BCUT2D eigenvalue weighted by molar-refractivity contribution is 0.0740. The second-order valence-electron chi connectivity index (χ2n) is 6.77. The predicted molar refractivity (Wildman–Crippen MR) is 102 cm³/mol. The van der Waals surface area contributed by atoms with Gasteiger partial charge in [-0.25, -0.2) is 4.98 Å². The summed E-state index contributed by atoms with van der Waals surface area (Å²) < 4.78 is 5.16. The van der Waals surface area contributed by atoms with Gasteiger partial charge in [0.25, 0.3) is 5.91 Å². The largest absolute Gasteiger partial charge is 0.481 e. The fourth-order valence-corrected chi connectivity index (χ4v) is 3.58. The van der Waals surface area contributed by atoms with Gasteiger partial charge >= 0.3 is 0 Å². The number of carbonyl (C=O) groups is 1. The number of rotatable bonds is 4. The maximum Gasteiger partial charge on any atom is 0.272 e. The lowest BCUT2D eigenvalue weighted by atomic mass is 10.2. The van der Waals surface area contributed by atoms with Gasteiger partial charge in [-0.2, -0.15) is 4.98 Å². The van der Waals surface area contributed by atoms with Crippen molar-refractivity contribution in [2.24, 2.45) is 0 Å². The Balaban J connectivity index is 1.40. The first-order valence-corrected chi connectivity index (χ1v) is 9.37. The van der Waals surface area contributed by atoms with Crippen LogP contribution in [0.15, 0.2) is 30.6 Å². The molecule has 142 valence electrons. The minimum Gasteiger partial charge on any atom is -0.481 e. The van der Waals surface area contributed by atoms with E-state index in [-0.39, 0.29) is 5.91 Å². The van der Waals surface area contributed by atoms with E-state index in [9.17, 15) is 4.79 Å². The zero-order chi connectivity index (χ0) is 18.6. The number of pyridine rings is 1. The van der Waals surface area contributed by atoms with E-state index in [1.54, 1.807) is 25.6 Å². The van der Waals surface area contributed by atoms with E-state index in [0.717, 1.165) is 18.8 Å². The Labute approximate surface area is 158 Å². The summed E-state index contributed by atoms with van der Waals surface area (Å²) in [5, 5.41) is 0. The third kappa shape index (κ3) is 3.79. The average Bonchev–Trinajstić information content (AvgIpc) is 3.28. The van der Waals surface area contributed by atoms with E-state index >= 15 is 0 Å². The van der Waals surface area contributed by atoms with Crippen molar-refractivity contribution in [3.8, 4) is 5.88 Å². The summed E-state index contributed by atoms with van der Waals surface area (Å²) in [6.45, 7) is 4.72.